The van der Waals surface area contributed by atoms with Gasteiger partial charge in [0, 0.05) is 34.6 Å². The normalized spacial score (nSPS) is 15.2. The summed E-state index contributed by atoms with van der Waals surface area (Å²) in [7, 11) is 0. The summed E-state index contributed by atoms with van der Waals surface area (Å²) in [5, 5.41) is 3.23. The van der Waals surface area contributed by atoms with Crippen molar-refractivity contribution in [3.8, 4) is 11.3 Å². The van der Waals surface area contributed by atoms with Crippen LogP contribution in [0.15, 0.2) is 41.0 Å². The lowest BCUT2D eigenvalue weighted by Crippen LogP contribution is -2.26. The number of Topliss-reactive ketones (excluding diaryl/α,β-unsaturated/α-hetero) is 1. The van der Waals surface area contributed by atoms with Gasteiger partial charge in [-0.05, 0) is 48.6 Å². The lowest BCUT2D eigenvalue weighted by molar-refractivity contribution is 0.0910. The summed E-state index contributed by atoms with van der Waals surface area (Å²) in [5.74, 6) is 0.435. The highest BCUT2D eigenvalue weighted by molar-refractivity contribution is 6.02. The van der Waals surface area contributed by atoms with E-state index in [0.717, 1.165) is 40.3 Å². The lowest BCUT2D eigenvalue weighted by atomic mass is 9.75. The minimum absolute atomic E-state index is 0.0514. The number of furan rings is 1. The number of primary amides is 1. The first-order chi connectivity index (χ1) is 13.7. The molecule has 4 rings (SSSR count). The van der Waals surface area contributed by atoms with Gasteiger partial charge < -0.3 is 20.5 Å². The molecule has 29 heavy (non-hydrogen) atoms. The summed E-state index contributed by atoms with van der Waals surface area (Å²) in [6, 6.07) is 9.14. The third kappa shape index (κ3) is 3.58. The maximum absolute atomic E-state index is 12.7. The number of aromatic nitrogens is 1. The first-order valence-electron chi connectivity index (χ1n) is 9.70. The summed E-state index contributed by atoms with van der Waals surface area (Å²) in [6.07, 6.45) is 2.99. The Hall–Kier alpha value is -3.28. The second-order valence-corrected chi connectivity index (χ2v) is 8.48. The van der Waals surface area contributed by atoms with Gasteiger partial charge in [-0.15, -0.1) is 0 Å². The number of hydrogen-bond donors (Lipinski definition) is 3. The quantitative estimate of drug-likeness (QED) is 0.598. The molecule has 0 aliphatic heterocycles. The predicted molar refractivity (Wildman–Crippen MR) is 112 cm³/mol. The van der Waals surface area contributed by atoms with Gasteiger partial charge >= 0.3 is 0 Å². The van der Waals surface area contributed by atoms with Gasteiger partial charge in [0.15, 0.2) is 5.78 Å². The van der Waals surface area contributed by atoms with E-state index in [9.17, 15) is 9.59 Å². The van der Waals surface area contributed by atoms with Crippen molar-refractivity contribution < 1.29 is 14.0 Å². The van der Waals surface area contributed by atoms with Crippen LogP contribution in [0.5, 0.6) is 0 Å². The molecule has 0 spiro atoms. The molecule has 6 nitrogen and oxygen atoms in total. The fourth-order valence-corrected chi connectivity index (χ4v) is 4.18. The fourth-order valence-electron chi connectivity index (χ4n) is 4.18. The van der Waals surface area contributed by atoms with E-state index >= 15 is 0 Å². The van der Waals surface area contributed by atoms with Crippen molar-refractivity contribution in [2.45, 2.75) is 40.2 Å². The van der Waals surface area contributed by atoms with Gasteiger partial charge in [0.1, 0.15) is 5.76 Å². The number of ketones is 1. The number of aromatic amines is 1. The van der Waals surface area contributed by atoms with E-state index in [1.807, 2.05) is 31.2 Å². The number of fused-ring (bicyclic) bond motifs is 1. The van der Waals surface area contributed by atoms with Gasteiger partial charge in [-0.25, -0.2) is 0 Å². The lowest BCUT2D eigenvalue weighted by Gasteiger charge is -2.28. The number of H-pyrrole nitrogens is 1. The van der Waals surface area contributed by atoms with Crippen LogP contribution in [0.3, 0.4) is 0 Å². The van der Waals surface area contributed by atoms with Crippen molar-refractivity contribution in [2.24, 2.45) is 11.1 Å². The molecule has 1 aliphatic rings. The predicted octanol–water partition coefficient (Wildman–Crippen LogP) is 4.45. The molecule has 0 saturated heterocycles. The summed E-state index contributed by atoms with van der Waals surface area (Å²) in [6.45, 7) is 6.63. The minimum Gasteiger partial charge on any atom is -0.467 e. The van der Waals surface area contributed by atoms with Crippen molar-refractivity contribution in [2.75, 3.05) is 5.32 Å². The number of anilines is 1. The first-order valence-corrected chi connectivity index (χ1v) is 9.70. The zero-order valence-corrected chi connectivity index (χ0v) is 16.9. The van der Waals surface area contributed by atoms with Crippen LogP contribution >= 0.6 is 0 Å². The Labute approximate surface area is 169 Å². The molecule has 150 valence electrons. The Morgan fingerprint density at radius 1 is 1.28 bits per heavy atom. The molecule has 0 atom stereocenters. The fraction of sp³-hybridized carbons (Fsp3) is 0.304. The number of rotatable bonds is 5. The van der Waals surface area contributed by atoms with Crippen LogP contribution in [0.1, 0.15) is 58.0 Å². The second-order valence-electron chi connectivity index (χ2n) is 8.48. The molecule has 0 unspecified atom stereocenters. The Balaban J connectivity index is 1.73. The highest BCUT2D eigenvalue weighted by Gasteiger charge is 2.34. The van der Waals surface area contributed by atoms with Crippen molar-refractivity contribution in [3.63, 3.8) is 0 Å². The van der Waals surface area contributed by atoms with Crippen LogP contribution in [-0.2, 0) is 13.0 Å². The van der Waals surface area contributed by atoms with Crippen LogP contribution in [0.4, 0.5) is 5.69 Å². The van der Waals surface area contributed by atoms with E-state index in [1.165, 1.54) is 0 Å². The largest absolute Gasteiger partial charge is 0.467 e. The molecule has 0 fully saturated rings. The van der Waals surface area contributed by atoms with Gasteiger partial charge in [-0.2, -0.15) is 0 Å². The van der Waals surface area contributed by atoms with Crippen LogP contribution in [0.25, 0.3) is 11.3 Å². The van der Waals surface area contributed by atoms with Crippen LogP contribution in [0, 0.1) is 12.3 Å². The number of nitrogens with two attached hydrogens (primary N) is 1. The van der Waals surface area contributed by atoms with Gasteiger partial charge in [0.2, 0.25) is 0 Å². The smallest absolute Gasteiger partial charge is 0.250 e. The minimum atomic E-state index is -0.502. The van der Waals surface area contributed by atoms with E-state index in [2.05, 4.69) is 24.1 Å². The zero-order valence-electron chi connectivity index (χ0n) is 16.9. The molecule has 0 radical (unpaired) electrons. The van der Waals surface area contributed by atoms with Crippen LogP contribution in [0.2, 0.25) is 0 Å². The number of carbonyl (C=O) groups excluding carboxylic acids is 2. The zero-order chi connectivity index (χ0) is 20.8. The topological polar surface area (TPSA) is 101 Å². The Morgan fingerprint density at radius 2 is 2.07 bits per heavy atom. The third-order valence-electron chi connectivity index (χ3n) is 5.51. The van der Waals surface area contributed by atoms with E-state index in [0.29, 0.717) is 24.2 Å². The van der Waals surface area contributed by atoms with Gasteiger partial charge in [-0.3, -0.25) is 9.59 Å². The maximum atomic E-state index is 12.7. The van der Waals surface area contributed by atoms with Crippen LogP contribution in [-0.4, -0.2) is 16.7 Å². The first kappa shape index (κ1) is 19.1. The molecule has 1 aromatic carbocycles. The Kier molecular flexibility index (Phi) is 4.57. The number of benzene rings is 1. The number of hydrogen-bond acceptors (Lipinski definition) is 4. The van der Waals surface area contributed by atoms with Crippen molar-refractivity contribution in [1.29, 1.82) is 0 Å². The second kappa shape index (κ2) is 6.95. The van der Waals surface area contributed by atoms with E-state index in [4.69, 9.17) is 10.2 Å². The van der Waals surface area contributed by atoms with E-state index in [1.54, 1.807) is 12.3 Å². The highest BCUT2D eigenvalue weighted by atomic mass is 16.3. The Morgan fingerprint density at radius 3 is 2.76 bits per heavy atom. The standard InChI is InChI=1S/C23H25N3O3/c1-13-20-18(10-23(2,3)11-19(20)27)26-21(13)14-6-7-16(22(24)28)17(9-14)25-12-15-5-4-8-29-15/h4-9,25-26H,10-12H2,1-3H3,(H2,24,28). The molecule has 6 heteroatoms. The average Bonchev–Trinajstić information content (AvgIpc) is 3.26. The molecular formula is C23H25N3O3. The highest BCUT2D eigenvalue weighted by Crippen LogP contribution is 2.39. The van der Waals surface area contributed by atoms with Gasteiger partial charge in [-0.1, -0.05) is 19.9 Å². The molecule has 2 aromatic heterocycles. The molecule has 3 aromatic rings. The Bertz CT molecular complexity index is 1090. The number of carbonyl (C=O) groups is 2. The molecule has 1 amide bonds. The van der Waals surface area contributed by atoms with Crippen molar-refractivity contribution in [3.05, 3.63) is 64.7 Å². The van der Waals surface area contributed by atoms with Gasteiger partial charge in [0.05, 0.1) is 18.4 Å². The third-order valence-corrected chi connectivity index (χ3v) is 5.51. The molecule has 0 saturated carbocycles. The van der Waals surface area contributed by atoms with Crippen LogP contribution < -0.4 is 11.1 Å². The van der Waals surface area contributed by atoms with E-state index in [-0.39, 0.29) is 11.2 Å². The summed E-state index contributed by atoms with van der Waals surface area (Å²) >= 11 is 0. The van der Waals surface area contributed by atoms with Gasteiger partial charge in [0.25, 0.3) is 5.91 Å². The summed E-state index contributed by atoms with van der Waals surface area (Å²) in [5.41, 5.74) is 11.1. The van der Waals surface area contributed by atoms with Crippen molar-refractivity contribution >= 4 is 17.4 Å². The molecular weight excluding hydrogens is 366 g/mol. The maximum Gasteiger partial charge on any atom is 0.250 e. The molecule has 4 N–H and O–H groups in total. The van der Waals surface area contributed by atoms with E-state index < -0.39 is 5.91 Å². The SMILES string of the molecule is Cc1c(-c2ccc(C(N)=O)c(NCc3ccco3)c2)[nH]c2c1C(=O)CC(C)(C)C2. The molecule has 2 heterocycles. The van der Waals surface area contributed by atoms with Crippen molar-refractivity contribution in [1.82, 2.24) is 4.98 Å². The summed E-state index contributed by atoms with van der Waals surface area (Å²) in [4.78, 5) is 28.1. The number of amides is 1. The monoisotopic (exact) mass is 391 g/mol. The molecule has 0 bridgehead atoms. The molecule has 1 aliphatic carbocycles. The average molecular weight is 391 g/mol. The number of nitrogens with one attached hydrogen (secondary N) is 2. The summed E-state index contributed by atoms with van der Waals surface area (Å²) < 4.78 is 5.35.